The Morgan fingerprint density at radius 2 is 2.00 bits per heavy atom. The number of nitrogens with zero attached hydrogens (tertiary/aromatic N) is 3. The molecule has 1 fully saturated rings. The molecule has 0 spiro atoms. The molecule has 0 saturated carbocycles. The molecule has 8 heteroatoms. The number of aliphatic hydroxyl groups excluding tert-OH is 1. The summed E-state index contributed by atoms with van der Waals surface area (Å²) in [5.74, 6) is 0.569. The number of carbonyl (C=O) groups excluding carboxylic acids is 1. The fourth-order valence-electron chi connectivity index (χ4n) is 4.86. The number of amides is 1. The van der Waals surface area contributed by atoms with Gasteiger partial charge in [-0.2, -0.15) is 0 Å². The molecular formula is C25H28FN3O4. The molecule has 0 unspecified atom stereocenters. The first-order chi connectivity index (χ1) is 16.1. The molecule has 1 N–H and O–H groups in total. The van der Waals surface area contributed by atoms with Gasteiger partial charge in [-0.3, -0.25) is 4.79 Å². The number of piperidine rings is 1. The largest absolute Gasteiger partial charge is 0.494 e. The average Bonchev–Trinajstić information content (AvgIpc) is 3.26. The van der Waals surface area contributed by atoms with Crippen molar-refractivity contribution in [3.05, 3.63) is 59.0 Å². The Hall–Kier alpha value is -2.97. The highest BCUT2D eigenvalue weighted by atomic mass is 19.1. The lowest BCUT2D eigenvalue weighted by atomic mass is 9.91. The van der Waals surface area contributed by atoms with Gasteiger partial charge in [-0.1, -0.05) is 11.2 Å². The minimum absolute atomic E-state index is 0.142. The number of ether oxygens (including phenoxy) is 1. The summed E-state index contributed by atoms with van der Waals surface area (Å²) < 4.78 is 24.6. The van der Waals surface area contributed by atoms with Crippen LogP contribution in [0.5, 0.6) is 5.75 Å². The second-order valence-electron chi connectivity index (χ2n) is 8.81. The first-order valence-corrected chi connectivity index (χ1v) is 11.6. The van der Waals surface area contributed by atoms with Crippen LogP contribution in [0, 0.1) is 5.82 Å². The SMILES string of the molecule is O=C1c2cc(OCCCN3CCC(c4noc5cc(F)ccc45)CC3)ccc2CCN1CO. The third-order valence-electron chi connectivity index (χ3n) is 6.74. The van der Waals surface area contributed by atoms with Crippen LogP contribution < -0.4 is 4.74 Å². The van der Waals surface area contributed by atoms with Crippen molar-refractivity contribution in [2.45, 2.75) is 31.6 Å². The molecule has 2 aliphatic rings. The van der Waals surface area contributed by atoms with Crippen LogP contribution in [0.1, 0.15) is 46.8 Å². The fraction of sp³-hybridized carbons (Fsp3) is 0.440. The zero-order valence-electron chi connectivity index (χ0n) is 18.5. The summed E-state index contributed by atoms with van der Waals surface area (Å²) in [7, 11) is 0. The Morgan fingerprint density at radius 3 is 2.82 bits per heavy atom. The van der Waals surface area contributed by atoms with E-state index >= 15 is 0 Å². The van der Waals surface area contributed by atoms with Crippen molar-refractivity contribution in [3.63, 3.8) is 0 Å². The number of benzene rings is 2. The van der Waals surface area contributed by atoms with Gasteiger partial charge < -0.3 is 24.2 Å². The Labute approximate surface area is 191 Å². The minimum atomic E-state index is -0.309. The number of hydrogen-bond donors (Lipinski definition) is 1. The predicted octanol–water partition coefficient (Wildman–Crippen LogP) is 3.56. The van der Waals surface area contributed by atoms with Gasteiger partial charge in [-0.05, 0) is 68.6 Å². The first-order valence-electron chi connectivity index (χ1n) is 11.6. The lowest BCUT2D eigenvalue weighted by Gasteiger charge is -2.31. The molecule has 174 valence electrons. The molecule has 7 nitrogen and oxygen atoms in total. The van der Waals surface area contributed by atoms with Crippen LogP contribution in [0.25, 0.3) is 11.0 Å². The molecule has 0 radical (unpaired) electrons. The molecule has 0 bridgehead atoms. The number of carbonyl (C=O) groups is 1. The summed E-state index contributed by atoms with van der Waals surface area (Å²) in [6, 6.07) is 10.3. The Bertz CT molecular complexity index is 1140. The highest BCUT2D eigenvalue weighted by Crippen LogP contribution is 2.32. The highest BCUT2D eigenvalue weighted by molar-refractivity contribution is 5.97. The smallest absolute Gasteiger partial charge is 0.256 e. The minimum Gasteiger partial charge on any atom is -0.494 e. The first kappa shape index (κ1) is 21.9. The molecule has 5 rings (SSSR count). The molecule has 0 atom stereocenters. The summed E-state index contributed by atoms with van der Waals surface area (Å²) in [5.41, 5.74) is 3.08. The van der Waals surface area contributed by atoms with Gasteiger partial charge in [0.25, 0.3) is 5.91 Å². The highest BCUT2D eigenvalue weighted by Gasteiger charge is 2.26. The van der Waals surface area contributed by atoms with Crippen LogP contribution in [0.2, 0.25) is 0 Å². The van der Waals surface area contributed by atoms with Crippen LogP contribution in [-0.4, -0.2) is 65.5 Å². The van der Waals surface area contributed by atoms with E-state index in [-0.39, 0.29) is 18.5 Å². The second-order valence-corrected chi connectivity index (χ2v) is 8.81. The Kier molecular flexibility index (Phi) is 6.28. The Morgan fingerprint density at radius 1 is 1.15 bits per heavy atom. The van der Waals surface area contributed by atoms with Crippen LogP contribution >= 0.6 is 0 Å². The van der Waals surface area contributed by atoms with Crippen molar-refractivity contribution in [3.8, 4) is 5.75 Å². The van der Waals surface area contributed by atoms with Gasteiger partial charge in [0.05, 0.1) is 12.3 Å². The number of rotatable bonds is 7. The third-order valence-corrected chi connectivity index (χ3v) is 6.74. The Balaban J connectivity index is 1.09. The number of aliphatic hydroxyl groups is 1. The number of halogens is 1. The van der Waals surface area contributed by atoms with Gasteiger partial charge >= 0.3 is 0 Å². The molecule has 33 heavy (non-hydrogen) atoms. The van der Waals surface area contributed by atoms with E-state index in [4.69, 9.17) is 9.26 Å². The zero-order valence-corrected chi connectivity index (χ0v) is 18.5. The summed E-state index contributed by atoms with van der Waals surface area (Å²) in [6.45, 7) is 3.76. The maximum absolute atomic E-state index is 13.4. The molecule has 0 aliphatic carbocycles. The fourth-order valence-corrected chi connectivity index (χ4v) is 4.86. The normalized spacial score (nSPS) is 17.5. The van der Waals surface area contributed by atoms with Crippen molar-refractivity contribution < 1.29 is 23.6 Å². The molecule has 2 aromatic carbocycles. The molecule has 3 heterocycles. The van der Waals surface area contributed by atoms with E-state index in [2.05, 4.69) is 10.1 Å². The third kappa shape index (κ3) is 4.58. The van der Waals surface area contributed by atoms with Crippen LogP contribution in [0.15, 0.2) is 40.9 Å². The lowest BCUT2D eigenvalue weighted by Crippen LogP contribution is -2.38. The van der Waals surface area contributed by atoms with Crippen LogP contribution in [0.4, 0.5) is 4.39 Å². The van der Waals surface area contributed by atoms with Gasteiger partial charge in [0.1, 0.15) is 18.3 Å². The van der Waals surface area contributed by atoms with Crippen molar-refractivity contribution in [1.82, 2.24) is 15.0 Å². The number of aromatic nitrogens is 1. The van der Waals surface area contributed by atoms with Crippen LogP contribution in [0.3, 0.4) is 0 Å². The molecule has 2 aliphatic heterocycles. The van der Waals surface area contributed by atoms with Gasteiger partial charge in [-0.15, -0.1) is 0 Å². The monoisotopic (exact) mass is 453 g/mol. The van der Waals surface area contributed by atoms with Gasteiger partial charge in [0.2, 0.25) is 0 Å². The van der Waals surface area contributed by atoms with Crippen molar-refractivity contribution in [2.75, 3.05) is 39.5 Å². The predicted molar refractivity (Wildman–Crippen MR) is 121 cm³/mol. The lowest BCUT2D eigenvalue weighted by molar-refractivity contribution is 0.0534. The van der Waals surface area contributed by atoms with E-state index in [0.717, 1.165) is 62.0 Å². The van der Waals surface area contributed by atoms with Crippen molar-refractivity contribution in [2.24, 2.45) is 0 Å². The second kappa shape index (κ2) is 9.49. The van der Waals surface area contributed by atoms with E-state index in [1.165, 1.54) is 17.0 Å². The van der Waals surface area contributed by atoms with E-state index < -0.39 is 0 Å². The van der Waals surface area contributed by atoms with Crippen molar-refractivity contribution >= 4 is 16.9 Å². The maximum Gasteiger partial charge on any atom is 0.256 e. The summed E-state index contributed by atoms with van der Waals surface area (Å²) in [5, 5.41) is 14.5. The van der Waals surface area contributed by atoms with Gasteiger partial charge in [0.15, 0.2) is 5.58 Å². The average molecular weight is 454 g/mol. The van der Waals surface area contributed by atoms with Gasteiger partial charge in [-0.25, -0.2) is 4.39 Å². The molecule has 3 aromatic rings. The van der Waals surface area contributed by atoms with E-state index in [9.17, 15) is 14.3 Å². The number of hydrogen-bond acceptors (Lipinski definition) is 6. The summed E-state index contributed by atoms with van der Waals surface area (Å²) in [4.78, 5) is 16.3. The molecule has 1 amide bonds. The van der Waals surface area contributed by atoms with Crippen LogP contribution in [-0.2, 0) is 6.42 Å². The van der Waals surface area contributed by atoms with Crippen molar-refractivity contribution in [1.29, 1.82) is 0 Å². The molecular weight excluding hydrogens is 425 g/mol. The summed E-state index contributed by atoms with van der Waals surface area (Å²) >= 11 is 0. The molecule has 1 aromatic heterocycles. The molecule has 1 saturated heterocycles. The quantitative estimate of drug-likeness (QED) is 0.551. The van der Waals surface area contributed by atoms with E-state index in [1.807, 2.05) is 12.1 Å². The standard InChI is InChI=1S/C25H28FN3O4/c26-19-3-5-21-23(14-19)33-27-24(21)18-6-10-28(11-7-18)9-1-13-32-20-4-2-17-8-12-29(16-30)25(31)22(17)15-20/h2-5,14-15,18,30H,1,6-13,16H2. The van der Waals surface area contributed by atoms with Gasteiger partial charge in [0, 0.05) is 36.0 Å². The number of likely N-dealkylation sites (tertiary alicyclic amines) is 1. The number of fused-ring (bicyclic) bond motifs is 2. The van der Waals surface area contributed by atoms with E-state index in [0.29, 0.717) is 36.0 Å². The van der Waals surface area contributed by atoms with E-state index in [1.54, 1.807) is 12.1 Å². The zero-order chi connectivity index (χ0) is 22.8. The topological polar surface area (TPSA) is 79.0 Å². The maximum atomic E-state index is 13.4. The summed E-state index contributed by atoms with van der Waals surface area (Å²) in [6.07, 6.45) is 3.63.